The van der Waals surface area contributed by atoms with Gasteiger partial charge < -0.3 is 23.7 Å². The van der Waals surface area contributed by atoms with Crippen LogP contribution in [0.2, 0.25) is 0 Å². The summed E-state index contributed by atoms with van der Waals surface area (Å²) in [6.07, 6.45) is 0.696. The molecule has 5 nitrogen and oxygen atoms in total. The Morgan fingerprint density at radius 1 is 1.00 bits per heavy atom. The zero-order chi connectivity index (χ0) is 11.2. The lowest BCUT2D eigenvalue weighted by Crippen LogP contribution is -2.46. The molecule has 0 spiro atoms. The highest BCUT2D eigenvalue weighted by Crippen LogP contribution is 2.35. The Kier molecular flexibility index (Phi) is 2.68. The molecule has 3 aliphatic heterocycles. The molecular weight excluding hydrogens is 212 g/mol. The number of hydrogen-bond acceptors (Lipinski definition) is 5. The van der Waals surface area contributed by atoms with E-state index in [1.54, 1.807) is 0 Å². The topological polar surface area (TPSA) is 46.2 Å². The first-order chi connectivity index (χ1) is 7.64. The van der Waals surface area contributed by atoms with Crippen molar-refractivity contribution in [2.45, 2.75) is 50.7 Å². The summed E-state index contributed by atoms with van der Waals surface area (Å²) in [5.41, 5.74) is 0. The maximum Gasteiger partial charge on any atom is 0.184 e. The normalized spacial score (nSPS) is 43.5. The lowest BCUT2D eigenvalue weighted by atomic mass is 10.1. The highest BCUT2D eigenvalue weighted by Gasteiger charge is 2.47. The molecule has 3 rings (SSSR count). The van der Waals surface area contributed by atoms with Crippen LogP contribution in [-0.4, -0.2) is 50.2 Å². The second-order valence-corrected chi connectivity index (χ2v) is 4.93. The Labute approximate surface area is 94.9 Å². The van der Waals surface area contributed by atoms with Crippen molar-refractivity contribution in [3.63, 3.8) is 0 Å². The van der Waals surface area contributed by atoms with E-state index in [0.717, 1.165) is 6.42 Å². The first kappa shape index (κ1) is 10.9. The largest absolute Gasteiger partial charge is 0.364 e. The molecule has 0 saturated carbocycles. The fourth-order valence-electron chi connectivity index (χ4n) is 2.47. The Bertz CT molecular complexity index is 261. The lowest BCUT2D eigenvalue weighted by molar-refractivity contribution is -0.294. The summed E-state index contributed by atoms with van der Waals surface area (Å²) in [7, 11) is 0. The van der Waals surface area contributed by atoms with Crippen LogP contribution in [0.15, 0.2) is 0 Å². The van der Waals surface area contributed by atoms with Crippen molar-refractivity contribution in [3.05, 3.63) is 0 Å². The summed E-state index contributed by atoms with van der Waals surface area (Å²) in [6.45, 7) is 5.75. The van der Waals surface area contributed by atoms with Crippen LogP contribution in [0.5, 0.6) is 0 Å². The van der Waals surface area contributed by atoms with Gasteiger partial charge in [-0.25, -0.2) is 0 Å². The van der Waals surface area contributed by atoms with Crippen molar-refractivity contribution in [2.24, 2.45) is 0 Å². The minimum absolute atomic E-state index is 0.0185. The van der Waals surface area contributed by atoms with Crippen LogP contribution in [0.25, 0.3) is 0 Å². The Hall–Kier alpha value is -0.200. The lowest BCUT2D eigenvalue weighted by Gasteiger charge is -2.37. The van der Waals surface area contributed by atoms with Gasteiger partial charge in [0, 0.05) is 6.42 Å². The fourth-order valence-corrected chi connectivity index (χ4v) is 2.47. The predicted molar refractivity (Wildman–Crippen MR) is 53.9 cm³/mol. The second kappa shape index (κ2) is 3.92. The van der Waals surface area contributed by atoms with Gasteiger partial charge in [-0.15, -0.1) is 0 Å². The summed E-state index contributed by atoms with van der Waals surface area (Å²) < 4.78 is 28.1. The van der Waals surface area contributed by atoms with Crippen molar-refractivity contribution >= 4 is 0 Å². The van der Waals surface area contributed by atoms with Crippen LogP contribution < -0.4 is 0 Å². The standard InChI is InChI=1S/C11H18O5/c1-11(2)14-6-9-7(16-11)5-8(15-9)10-12-3-4-13-10/h7-10H,3-6H2,1-2H3/t7-,8-,9-/m0/s1. The molecule has 0 N–H and O–H groups in total. The molecule has 3 heterocycles. The molecule has 3 fully saturated rings. The molecule has 16 heavy (non-hydrogen) atoms. The molecule has 0 amide bonds. The summed E-state index contributed by atoms with van der Waals surface area (Å²) in [5.74, 6) is -0.503. The van der Waals surface area contributed by atoms with Crippen molar-refractivity contribution in [1.82, 2.24) is 0 Å². The minimum atomic E-state index is -0.503. The van der Waals surface area contributed by atoms with Gasteiger partial charge in [0.1, 0.15) is 12.2 Å². The van der Waals surface area contributed by atoms with E-state index in [2.05, 4.69) is 0 Å². The maximum absolute atomic E-state index is 5.84. The first-order valence-corrected chi connectivity index (χ1v) is 5.84. The molecule has 5 heteroatoms. The molecule has 0 bridgehead atoms. The monoisotopic (exact) mass is 230 g/mol. The smallest absolute Gasteiger partial charge is 0.184 e. The third-order valence-corrected chi connectivity index (χ3v) is 3.21. The molecule has 0 aromatic heterocycles. The van der Waals surface area contributed by atoms with E-state index in [1.807, 2.05) is 13.8 Å². The molecule has 92 valence electrons. The average molecular weight is 230 g/mol. The quantitative estimate of drug-likeness (QED) is 0.662. The van der Waals surface area contributed by atoms with Gasteiger partial charge in [-0.3, -0.25) is 0 Å². The van der Waals surface area contributed by atoms with Crippen molar-refractivity contribution in [3.8, 4) is 0 Å². The zero-order valence-electron chi connectivity index (χ0n) is 9.68. The Balaban J connectivity index is 1.63. The van der Waals surface area contributed by atoms with E-state index >= 15 is 0 Å². The predicted octanol–water partition coefficient (Wildman–Crippen LogP) is 0.668. The molecule has 0 radical (unpaired) electrons. The van der Waals surface area contributed by atoms with E-state index < -0.39 is 5.79 Å². The van der Waals surface area contributed by atoms with E-state index in [-0.39, 0.29) is 24.6 Å². The van der Waals surface area contributed by atoms with Crippen LogP contribution in [0.3, 0.4) is 0 Å². The van der Waals surface area contributed by atoms with Crippen molar-refractivity contribution in [1.29, 1.82) is 0 Å². The van der Waals surface area contributed by atoms with Crippen LogP contribution in [0, 0.1) is 0 Å². The maximum atomic E-state index is 5.84. The van der Waals surface area contributed by atoms with Crippen LogP contribution >= 0.6 is 0 Å². The van der Waals surface area contributed by atoms with Gasteiger partial charge in [0.15, 0.2) is 12.1 Å². The second-order valence-electron chi connectivity index (χ2n) is 4.93. The van der Waals surface area contributed by atoms with Gasteiger partial charge in [-0.1, -0.05) is 0 Å². The fraction of sp³-hybridized carbons (Fsp3) is 1.00. The third-order valence-electron chi connectivity index (χ3n) is 3.21. The van der Waals surface area contributed by atoms with E-state index in [0.29, 0.717) is 19.8 Å². The van der Waals surface area contributed by atoms with Crippen molar-refractivity contribution < 1.29 is 23.7 Å². The molecule has 0 aromatic carbocycles. The summed E-state index contributed by atoms with van der Waals surface area (Å²) in [4.78, 5) is 0. The van der Waals surface area contributed by atoms with Gasteiger partial charge in [0.25, 0.3) is 0 Å². The van der Waals surface area contributed by atoms with Gasteiger partial charge >= 0.3 is 0 Å². The number of hydrogen-bond donors (Lipinski definition) is 0. The number of fused-ring (bicyclic) bond motifs is 1. The summed E-state index contributed by atoms with van der Waals surface area (Å²) in [6, 6.07) is 0. The third kappa shape index (κ3) is 1.98. The molecule has 3 atom stereocenters. The molecule has 3 saturated heterocycles. The van der Waals surface area contributed by atoms with Crippen LogP contribution in [0.1, 0.15) is 20.3 Å². The summed E-state index contributed by atoms with van der Waals surface area (Å²) >= 11 is 0. The van der Waals surface area contributed by atoms with Crippen molar-refractivity contribution in [2.75, 3.05) is 19.8 Å². The summed E-state index contributed by atoms with van der Waals surface area (Å²) in [5, 5.41) is 0. The highest BCUT2D eigenvalue weighted by atomic mass is 16.8. The van der Waals surface area contributed by atoms with Crippen LogP contribution in [-0.2, 0) is 23.7 Å². The van der Waals surface area contributed by atoms with E-state index in [1.165, 1.54) is 0 Å². The SMILES string of the molecule is CC1(C)OC[C@@H]2O[C@H](C3OCCO3)C[C@@H]2O1. The molecule has 3 aliphatic rings. The Morgan fingerprint density at radius 3 is 2.50 bits per heavy atom. The Morgan fingerprint density at radius 2 is 1.75 bits per heavy atom. The molecule has 0 aliphatic carbocycles. The van der Waals surface area contributed by atoms with Gasteiger partial charge in [-0.2, -0.15) is 0 Å². The first-order valence-electron chi connectivity index (χ1n) is 5.84. The molecular formula is C11H18O5. The van der Waals surface area contributed by atoms with Gasteiger partial charge in [0.2, 0.25) is 0 Å². The zero-order valence-corrected chi connectivity index (χ0v) is 9.68. The molecule has 0 aromatic rings. The average Bonchev–Trinajstić information content (AvgIpc) is 2.81. The van der Waals surface area contributed by atoms with Crippen LogP contribution in [0.4, 0.5) is 0 Å². The van der Waals surface area contributed by atoms with Gasteiger partial charge in [0.05, 0.1) is 25.9 Å². The van der Waals surface area contributed by atoms with E-state index in [4.69, 9.17) is 23.7 Å². The minimum Gasteiger partial charge on any atom is -0.364 e. The number of ether oxygens (including phenoxy) is 5. The molecule has 0 unspecified atom stereocenters. The highest BCUT2D eigenvalue weighted by molar-refractivity contribution is 4.89. The van der Waals surface area contributed by atoms with Gasteiger partial charge in [-0.05, 0) is 13.8 Å². The number of rotatable bonds is 1. The van der Waals surface area contributed by atoms with E-state index in [9.17, 15) is 0 Å².